The van der Waals surface area contributed by atoms with E-state index in [4.69, 9.17) is 0 Å². The molecule has 0 bridgehead atoms. The van der Waals surface area contributed by atoms with Gasteiger partial charge in [-0.15, -0.1) is 0 Å². The number of carbonyl (C=O) groups excluding carboxylic acids is 1. The summed E-state index contributed by atoms with van der Waals surface area (Å²) in [7, 11) is 0. The molecule has 4 nitrogen and oxygen atoms in total. The number of aromatic nitrogens is 2. The highest BCUT2D eigenvalue weighted by molar-refractivity contribution is 5.77. The molecule has 1 atom stereocenters. The van der Waals surface area contributed by atoms with Crippen LogP contribution in [0.1, 0.15) is 65.0 Å². The van der Waals surface area contributed by atoms with Gasteiger partial charge in [-0.2, -0.15) is 5.10 Å². The SMILES string of the molecule is CC.CC(=O)CN1CCCC(n2cc(C(C)C)cn2)C1. The van der Waals surface area contributed by atoms with E-state index in [-0.39, 0.29) is 5.78 Å². The minimum absolute atomic E-state index is 0.249. The number of likely N-dealkylation sites (tertiary alicyclic amines) is 1. The van der Waals surface area contributed by atoms with Crippen molar-refractivity contribution >= 4 is 5.78 Å². The summed E-state index contributed by atoms with van der Waals surface area (Å²) in [6.07, 6.45) is 6.43. The molecule has 1 saturated heterocycles. The Labute approximate surface area is 123 Å². The number of hydrogen-bond acceptors (Lipinski definition) is 3. The molecule has 0 spiro atoms. The number of piperidine rings is 1. The lowest BCUT2D eigenvalue weighted by molar-refractivity contribution is -0.118. The lowest BCUT2D eigenvalue weighted by Crippen LogP contribution is -2.39. The molecule has 4 heteroatoms. The molecule has 0 amide bonds. The molecule has 0 N–H and O–H groups in total. The van der Waals surface area contributed by atoms with Crippen LogP contribution in [0.3, 0.4) is 0 Å². The van der Waals surface area contributed by atoms with E-state index >= 15 is 0 Å². The summed E-state index contributed by atoms with van der Waals surface area (Å²) in [6, 6.07) is 0.422. The Morgan fingerprint density at radius 3 is 2.70 bits per heavy atom. The van der Waals surface area contributed by atoms with Crippen LogP contribution in [0, 0.1) is 0 Å². The zero-order valence-corrected chi connectivity index (χ0v) is 13.6. The standard InChI is InChI=1S/C14H23N3O.C2H6/c1-11(2)13-7-15-17(9-13)14-5-4-6-16(10-14)8-12(3)18;1-2/h7,9,11,14H,4-6,8,10H2,1-3H3;1-2H3. The first-order chi connectivity index (χ1) is 9.56. The molecule has 2 heterocycles. The van der Waals surface area contributed by atoms with Crippen molar-refractivity contribution in [3.8, 4) is 0 Å². The summed E-state index contributed by atoms with van der Waals surface area (Å²) in [6.45, 7) is 12.6. The number of ketones is 1. The molecule has 2 rings (SSSR count). The monoisotopic (exact) mass is 279 g/mol. The van der Waals surface area contributed by atoms with Gasteiger partial charge in [0, 0.05) is 12.7 Å². The molecule has 1 unspecified atom stereocenters. The Hall–Kier alpha value is -1.16. The first-order valence-corrected chi connectivity index (χ1v) is 7.82. The van der Waals surface area contributed by atoms with Crippen molar-refractivity contribution in [3.05, 3.63) is 18.0 Å². The summed E-state index contributed by atoms with van der Waals surface area (Å²) in [5, 5.41) is 4.48. The Bertz CT molecular complexity index is 412. The number of Topliss-reactive ketones (excluding diaryl/α,β-unsaturated/α-hetero) is 1. The molecule has 1 aromatic rings. The van der Waals surface area contributed by atoms with Crippen LogP contribution in [0.25, 0.3) is 0 Å². The summed E-state index contributed by atoms with van der Waals surface area (Å²) in [5.41, 5.74) is 1.29. The molecule has 1 aliphatic heterocycles. The zero-order valence-electron chi connectivity index (χ0n) is 13.6. The van der Waals surface area contributed by atoms with Crippen molar-refractivity contribution < 1.29 is 4.79 Å². The molecule has 0 radical (unpaired) electrons. The predicted molar refractivity (Wildman–Crippen MR) is 83.1 cm³/mol. The fourth-order valence-electron chi connectivity index (χ4n) is 2.56. The Balaban J connectivity index is 0.000000956. The zero-order chi connectivity index (χ0) is 15.1. The Kier molecular flexibility index (Phi) is 6.93. The maximum atomic E-state index is 11.2. The maximum Gasteiger partial charge on any atom is 0.143 e. The molecular formula is C16H29N3O. The number of nitrogens with zero attached hydrogens (tertiary/aromatic N) is 3. The van der Waals surface area contributed by atoms with Crippen molar-refractivity contribution in [2.75, 3.05) is 19.6 Å². The smallest absolute Gasteiger partial charge is 0.143 e. The van der Waals surface area contributed by atoms with Gasteiger partial charge in [-0.05, 0) is 37.8 Å². The minimum atomic E-state index is 0.249. The average Bonchev–Trinajstić information content (AvgIpc) is 2.90. The quantitative estimate of drug-likeness (QED) is 0.849. The van der Waals surface area contributed by atoms with Crippen LogP contribution in [-0.2, 0) is 4.79 Å². The van der Waals surface area contributed by atoms with E-state index in [1.165, 1.54) is 5.56 Å². The average molecular weight is 279 g/mol. The summed E-state index contributed by atoms with van der Waals surface area (Å²) >= 11 is 0. The van der Waals surface area contributed by atoms with Gasteiger partial charge in [0.05, 0.1) is 18.8 Å². The lowest BCUT2D eigenvalue weighted by Gasteiger charge is -2.32. The maximum absolute atomic E-state index is 11.2. The highest BCUT2D eigenvalue weighted by atomic mass is 16.1. The second-order valence-electron chi connectivity index (χ2n) is 5.64. The van der Waals surface area contributed by atoms with Crippen molar-refractivity contribution in [3.63, 3.8) is 0 Å². The number of carbonyl (C=O) groups is 1. The number of rotatable bonds is 4. The third-order valence-corrected chi connectivity index (χ3v) is 3.59. The van der Waals surface area contributed by atoms with Gasteiger partial charge in [0.25, 0.3) is 0 Å². The van der Waals surface area contributed by atoms with Gasteiger partial charge in [0.2, 0.25) is 0 Å². The minimum Gasteiger partial charge on any atom is -0.299 e. The molecule has 114 valence electrons. The van der Waals surface area contributed by atoms with Crippen LogP contribution in [-0.4, -0.2) is 40.1 Å². The normalized spacial score (nSPS) is 19.6. The number of hydrogen-bond donors (Lipinski definition) is 0. The molecule has 1 fully saturated rings. The lowest BCUT2D eigenvalue weighted by atomic mass is 10.1. The molecule has 1 aromatic heterocycles. The highest BCUT2D eigenvalue weighted by Gasteiger charge is 2.22. The van der Waals surface area contributed by atoms with E-state index in [0.717, 1.165) is 25.9 Å². The van der Waals surface area contributed by atoms with Crippen LogP contribution in [0.15, 0.2) is 12.4 Å². The van der Waals surface area contributed by atoms with Crippen LogP contribution in [0.4, 0.5) is 0 Å². The summed E-state index contributed by atoms with van der Waals surface area (Å²) in [5.74, 6) is 0.773. The van der Waals surface area contributed by atoms with Crippen LogP contribution < -0.4 is 0 Å². The Morgan fingerprint density at radius 2 is 2.15 bits per heavy atom. The largest absolute Gasteiger partial charge is 0.299 e. The van der Waals surface area contributed by atoms with E-state index < -0.39 is 0 Å². The fraction of sp³-hybridized carbons (Fsp3) is 0.750. The van der Waals surface area contributed by atoms with Gasteiger partial charge in [0.1, 0.15) is 5.78 Å². The van der Waals surface area contributed by atoms with Crippen LogP contribution >= 0.6 is 0 Å². The molecule has 0 aliphatic carbocycles. The van der Waals surface area contributed by atoms with Gasteiger partial charge in [-0.3, -0.25) is 14.4 Å². The van der Waals surface area contributed by atoms with E-state index in [1.807, 2.05) is 20.0 Å². The molecule has 0 aromatic carbocycles. The summed E-state index contributed by atoms with van der Waals surface area (Å²) in [4.78, 5) is 13.4. The molecule has 1 aliphatic rings. The van der Waals surface area contributed by atoms with Crippen molar-refractivity contribution in [2.45, 2.75) is 59.4 Å². The van der Waals surface area contributed by atoms with Crippen molar-refractivity contribution in [2.24, 2.45) is 0 Å². The first-order valence-electron chi connectivity index (χ1n) is 7.82. The first kappa shape index (κ1) is 16.9. The van der Waals surface area contributed by atoms with Crippen molar-refractivity contribution in [1.29, 1.82) is 0 Å². The molecular weight excluding hydrogens is 250 g/mol. The van der Waals surface area contributed by atoms with E-state index in [2.05, 4.69) is 34.7 Å². The van der Waals surface area contributed by atoms with Gasteiger partial charge >= 0.3 is 0 Å². The van der Waals surface area contributed by atoms with E-state index in [0.29, 0.717) is 18.5 Å². The molecule has 0 saturated carbocycles. The summed E-state index contributed by atoms with van der Waals surface area (Å²) < 4.78 is 2.08. The second kappa shape index (κ2) is 8.20. The highest BCUT2D eigenvalue weighted by Crippen LogP contribution is 2.22. The van der Waals surface area contributed by atoms with Crippen molar-refractivity contribution in [1.82, 2.24) is 14.7 Å². The van der Waals surface area contributed by atoms with Gasteiger partial charge in [-0.1, -0.05) is 27.7 Å². The van der Waals surface area contributed by atoms with E-state index in [9.17, 15) is 4.79 Å². The second-order valence-corrected chi connectivity index (χ2v) is 5.64. The van der Waals surface area contributed by atoms with Gasteiger partial charge < -0.3 is 0 Å². The van der Waals surface area contributed by atoms with Gasteiger partial charge in [0.15, 0.2) is 0 Å². The Morgan fingerprint density at radius 1 is 1.45 bits per heavy atom. The van der Waals surface area contributed by atoms with Gasteiger partial charge in [-0.25, -0.2) is 0 Å². The van der Waals surface area contributed by atoms with Crippen LogP contribution in [0.5, 0.6) is 0 Å². The van der Waals surface area contributed by atoms with Crippen LogP contribution in [0.2, 0.25) is 0 Å². The third-order valence-electron chi connectivity index (χ3n) is 3.59. The third kappa shape index (κ3) is 4.75. The van der Waals surface area contributed by atoms with E-state index in [1.54, 1.807) is 6.92 Å². The predicted octanol–water partition coefficient (Wildman–Crippen LogP) is 3.26. The topological polar surface area (TPSA) is 38.1 Å². The fourth-order valence-corrected chi connectivity index (χ4v) is 2.56. The molecule has 20 heavy (non-hydrogen) atoms.